The molecule has 1 atom stereocenters. The summed E-state index contributed by atoms with van der Waals surface area (Å²) in [4.78, 5) is 20.9. The first-order valence-electron chi connectivity index (χ1n) is 12.5. The van der Waals surface area contributed by atoms with Gasteiger partial charge in [0.05, 0.1) is 10.6 Å². The standard InChI is InChI=1S/C28H25ClF3N5O2/c1-17(18-5-6-18)13-25(38)33-10-12-37-11-9-23-26(37)27(35-16-34-23)36-20-7-8-24(22(29)15-20)39-21-4-2-3-19(14-21)28(30,31)32/h2-4,7-8,14-18H,5-6,10,12-13H2,1H3,(H,33,38)(H,34,35,36). The van der Waals surface area contributed by atoms with Gasteiger partial charge in [-0.25, -0.2) is 9.97 Å². The number of aromatic nitrogens is 3. The lowest BCUT2D eigenvalue weighted by molar-refractivity contribution is -0.137. The van der Waals surface area contributed by atoms with Crippen LogP contribution in [0.3, 0.4) is 0 Å². The van der Waals surface area contributed by atoms with Crippen LogP contribution in [0.2, 0.25) is 5.02 Å². The van der Waals surface area contributed by atoms with Crippen molar-refractivity contribution in [2.24, 2.45) is 11.8 Å². The van der Waals surface area contributed by atoms with Crippen molar-refractivity contribution in [1.82, 2.24) is 19.9 Å². The Labute approximate surface area is 228 Å². The highest BCUT2D eigenvalue weighted by molar-refractivity contribution is 6.32. The average Bonchev–Trinajstić information content (AvgIpc) is 3.66. The fourth-order valence-corrected chi connectivity index (χ4v) is 4.55. The van der Waals surface area contributed by atoms with Crippen molar-refractivity contribution in [2.45, 2.75) is 38.9 Å². The van der Waals surface area contributed by atoms with Crippen LogP contribution in [-0.2, 0) is 17.5 Å². The summed E-state index contributed by atoms with van der Waals surface area (Å²) in [7, 11) is 0. The lowest BCUT2D eigenvalue weighted by atomic mass is 10.0. The van der Waals surface area contributed by atoms with E-state index in [1.807, 2.05) is 0 Å². The molecule has 0 aliphatic heterocycles. The van der Waals surface area contributed by atoms with E-state index in [4.69, 9.17) is 16.3 Å². The molecule has 5 rings (SSSR count). The van der Waals surface area contributed by atoms with Gasteiger partial charge < -0.3 is 15.4 Å². The maximum atomic E-state index is 13.0. The molecule has 1 aliphatic carbocycles. The number of nitrogens with zero attached hydrogens (tertiary/aromatic N) is 3. The second-order valence-electron chi connectivity index (χ2n) is 9.57. The molecule has 1 saturated carbocycles. The molecule has 202 valence electrons. The number of amides is 1. The quantitative estimate of drug-likeness (QED) is 0.225. The zero-order valence-corrected chi connectivity index (χ0v) is 21.7. The second-order valence-corrected chi connectivity index (χ2v) is 9.98. The van der Waals surface area contributed by atoms with Gasteiger partial charge in [-0.2, -0.15) is 13.2 Å². The topological polar surface area (TPSA) is 81.1 Å². The summed E-state index contributed by atoms with van der Waals surface area (Å²) in [6, 6.07) is 12.4. The van der Waals surface area contributed by atoms with Crippen LogP contribution in [0, 0.1) is 24.1 Å². The Morgan fingerprint density at radius 2 is 2.05 bits per heavy atom. The summed E-state index contributed by atoms with van der Waals surface area (Å²) < 4.78 is 46.4. The van der Waals surface area contributed by atoms with Crippen molar-refractivity contribution in [3.05, 3.63) is 71.6 Å². The molecule has 1 aliphatic rings. The third-order valence-electron chi connectivity index (χ3n) is 6.58. The van der Waals surface area contributed by atoms with E-state index in [-0.39, 0.29) is 22.4 Å². The van der Waals surface area contributed by atoms with Gasteiger partial charge in [0.2, 0.25) is 5.91 Å². The van der Waals surface area contributed by atoms with Crippen LogP contribution in [0.1, 0.15) is 31.7 Å². The Hall–Kier alpha value is -3.97. The SMILES string of the molecule is CC(CC(=O)NCCn1c#cc2ncnc(Nc3ccc(Oc4cccc(C(F)(F)F)c4)c(Cl)c3)c21)C1CC1. The molecule has 0 saturated heterocycles. The normalized spacial score (nSPS) is 14.1. The first kappa shape index (κ1) is 26.6. The molecule has 2 aromatic heterocycles. The molecule has 11 heteroatoms. The molecule has 2 heterocycles. The van der Waals surface area contributed by atoms with E-state index < -0.39 is 11.7 Å². The van der Waals surface area contributed by atoms with E-state index in [1.165, 1.54) is 31.3 Å². The minimum absolute atomic E-state index is 0.0166. The highest BCUT2D eigenvalue weighted by Gasteiger charge is 2.31. The van der Waals surface area contributed by atoms with E-state index >= 15 is 0 Å². The Morgan fingerprint density at radius 1 is 1.23 bits per heavy atom. The summed E-state index contributed by atoms with van der Waals surface area (Å²) >= 11 is 6.38. The van der Waals surface area contributed by atoms with Crippen LogP contribution in [0.15, 0.2) is 48.8 Å². The zero-order chi connectivity index (χ0) is 27.6. The molecule has 2 N–H and O–H groups in total. The predicted molar refractivity (Wildman–Crippen MR) is 141 cm³/mol. The molecule has 39 heavy (non-hydrogen) atoms. The number of hydrogen-bond donors (Lipinski definition) is 2. The molecule has 0 spiro atoms. The first-order valence-corrected chi connectivity index (χ1v) is 12.9. The van der Waals surface area contributed by atoms with Crippen molar-refractivity contribution >= 4 is 40.0 Å². The number of ether oxygens (including phenoxy) is 1. The molecule has 1 fully saturated rings. The second kappa shape index (κ2) is 11.0. The van der Waals surface area contributed by atoms with Gasteiger partial charge in [-0.3, -0.25) is 9.36 Å². The summed E-state index contributed by atoms with van der Waals surface area (Å²) in [6.07, 6.45) is 2.88. The number of alkyl halides is 3. The molecule has 1 amide bonds. The minimum atomic E-state index is -4.48. The molecule has 0 bridgehead atoms. The van der Waals surface area contributed by atoms with Crippen LogP contribution in [0.5, 0.6) is 11.5 Å². The van der Waals surface area contributed by atoms with Crippen molar-refractivity contribution in [2.75, 3.05) is 11.9 Å². The monoisotopic (exact) mass is 555 g/mol. The van der Waals surface area contributed by atoms with Gasteiger partial charge in [0.25, 0.3) is 0 Å². The average molecular weight is 556 g/mol. The summed E-state index contributed by atoms with van der Waals surface area (Å²) in [6.45, 7) is 2.99. The molecular formula is C28H25ClF3N5O2. The number of halogens is 4. The maximum Gasteiger partial charge on any atom is 0.416 e. The molecular weight excluding hydrogens is 531 g/mol. The van der Waals surface area contributed by atoms with Crippen molar-refractivity contribution in [3.8, 4) is 11.5 Å². The Kier molecular flexibility index (Phi) is 7.53. The van der Waals surface area contributed by atoms with Gasteiger partial charge in [0, 0.05) is 31.4 Å². The van der Waals surface area contributed by atoms with Crippen LogP contribution < -0.4 is 15.4 Å². The van der Waals surface area contributed by atoms with Gasteiger partial charge in [-0.1, -0.05) is 24.6 Å². The molecule has 0 radical (unpaired) electrons. The third-order valence-corrected chi connectivity index (χ3v) is 6.87. The largest absolute Gasteiger partial charge is 0.456 e. The van der Waals surface area contributed by atoms with E-state index in [2.05, 4.69) is 39.8 Å². The van der Waals surface area contributed by atoms with Gasteiger partial charge in [0.1, 0.15) is 28.9 Å². The smallest absolute Gasteiger partial charge is 0.416 e. The minimum Gasteiger partial charge on any atom is -0.456 e. The van der Waals surface area contributed by atoms with Crippen LogP contribution in [0.25, 0.3) is 11.0 Å². The first-order chi connectivity index (χ1) is 18.7. The Morgan fingerprint density at radius 3 is 2.79 bits per heavy atom. The van der Waals surface area contributed by atoms with Crippen molar-refractivity contribution in [1.29, 1.82) is 0 Å². The molecule has 1 unspecified atom stereocenters. The number of rotatable bonds is 10. The number of carbonyl (C=O) groups is 1. The lowest BCUT2D eigenvalue weighted by Crippen LogP contribution is -2.28. The number of anilines is 2. The lowest BCUT2D eigenvalue weighted by Gasteiger charge is -2.13. The Bertz CT molecular complexity index is 1490. The van der Waals surface area contributed by atoms with Crippen LogP contribution in [0.4, 0.5) is 24.7 Å². The number of carbonyl (C=O) groups excluding carboxylic acids is 1. The predicted octanol–water partition coefficient (Wildman–Crippen LogP) is 6.79. The van der Waals surface area contributed by atoms with Crippen LogP contribution in [-0.4, -0.2) is 27.0 Å². The van der Waals surface area contributed by atoms with Gasteiger partial charge in [0.15, 0.2) is 5.82 Å². The summed E-state index contributed by atoms with van der Waals surface area (Å²) in [5.41, 5.74) is 0.966. The highest BCUT2D eigenvalue weighted by atomic mass is 35.5. The fourth-order valence-electron chi connectivity index (χ4n) is 4.33. The number of benzene rings is 2. The summed E-state index contributed by atoms with van der Waals surface area (Å²) in [5, 5.41) is 6.35. The van der Waals surface area contributed by atoms with Gasteiger partial charge >= 0.3 is 6.18 Å². The third kappa shape index (κ3) is 6.55. The number of fused-ring (bicyclic) bond motifs is 1. The Balaban J connectivity index is 1.26. The van der Waals surface area contributed by atoms with E-state index in [1.54, 1.807) is 22.8 Å². The highest BCUT2D eigenvalue weighted by Crippen LogP contribution is 2.38. The number of nitrogens with one attached hydrogen (secondary N) is 2. The molecule has 4 aromatic rings. The maximum absolute atomic E-state index is 13.0. The fraction of sp³-hybridized carbons (Fsp3) is 0.321. The van der Waals surface area contributed by atoms with E-state index in [9.17, 15) is 18.0 Å². The van der Waals surface area contributed by atoms with Gasteiger partial charge in [-0.15, -0.1) is 0 Å². The van der Waals surface area contributed by atoms with Crippen molar-refractivity contribution in [3.63, 3.8) is 0 Å². The summed E-state index contributed by atoms with van der Waals surface area (Å²) in [5.74, 6) is 1.80. The van der Waals surface area contributed by atoms with Gasteiger partial charge in [-0.05, 0) is 67.1 Å². The van der Waals surface area contributed by atoms with E-state index in [0.717, 1.165) is 12.1 Å². The van der Waals surface area contributed by atoms with Crippen LogP contribution >= 0.6 is 11.6 Å². The molecule has 7 nitrogen and oxygen atoms in total. The number of hydrogen-bond acceptors (Lipinski definition) is 5. The van der Waals surface area contributed by atoms with Crippen molar-refractivity contribution < 1.29 is 22.7 Å². The molecule has 2 aromatic carbocycles. The zero-order valence-electron chi connectivity index (χ0n) is 21.0. The van der Waals surface area contributed by atoms with E-state index in [0.29, 0.717) is 53.9 Å².